The molecule has 0 saturated heterocycles. The summed E-state index contributed by atoms with van der Waals surface area (Å²) in [7, 11) is 0. The summed E-state index contributed by atoms with van der Waals surface area (Å²) in [6.45, 7) is 5.39. The Bertz CT molecular complexity index is 360. The third-order valence-corrected chi connectivity index (χ3v) is 5.61. The Labute approximate surface area is 128 Å². The van der Waals surface area contributed by atoms with Crippen LogP contribution >= 0.6 is 0 Å². The van der Waals surface area contributed by atoms with E-state index in [0.29, 0.717) is 6.04 Å². The van der Waals surface area contributed by atoms with E-state index in [0.717, 1.165) is 37.6 Å². The summed E-state index contributed by atoms with van der Waals surface area (Å²) in [4.78, 5) is 14.8. The van der Waals surface area contributed by atoms with E-state index in [2.05, 4.69) is 17.1 Å². The maximum Gasteiger partial charge on any atom is 0.237 e. The molecule has 0 heterocycles. The molecule has 2 atom stereocenters. The summed E-state index contributed by atoms with van der Waals surface area (Å²) in [6.07, 6.45) is 9.80. The Morgan fingerprint density at radius 3 is 2.29 bits per heavy atom. The Morgan fingerprint density at radius 1 is 1.19 bits per heavy atom. The molecule has 0 aromatic carbocycles. The molecule has 2 unspecified atom stereocenters. The summed E-state index contributed by atoms with van der Waals surface area (Å²) in [5, 5.41) is 3.42. The Kier molecular flexibility index (Phi) is 4.55. The summed E-state index contributed by atoms with van der Waals surface area (Å²) in [5.74, 6) is 1.70. The highest BCUT2D eigenvalue weighted by Crippen LogP contribution is 2.38. The van der Waals surface area contributed by atoms with Gasteiger partial charge in [0.25, 0.3) is 0 Å². The third-order valence-electron chi connectivity index (χ3n) is 5.61. The Morgan fingerprint density at radius 2 is 1.81 bits per heavy atom. The predicted molar refractivity (Wildman–Crippen MR) is 84.9 cm³/mol. The van der Waals surface area contributed by atoms with Gasteiger partial charge in [0.1, 0.15) is 0 Å². The third kappa shape index (κ3) is 3.78. The van der Waals surface area contributed by atoms with Gasteiger partial charge in [-0.15, -0.1) is 0 Å². The molecule has 0 aromatic heterocycles. The van der Waals surface area contributed by atoms with E-state index < -0.39 is 5.54 Å². The van der Waals surface area contributed by atoms with Crippen molar-refractivity contribution in [3.8, 4) is 0 Å². The van der Waals surface area contributed by atoms with Crippen LogP contribution in [0.25, 0.3) is 0 Å². The number of nitrogens with zero attached hydrogens (tertiary/aromatic N) is 1. The first-order chi connectivity index (χ1) is 10.1. The molecule has 3 N–H and O–H groups in total. The van der Waals surface area contributed by atoms with Crippen molar-refractivity contribution in [2.75, 3.05) is 19.6 Å². The van der Waals surface area contributed by atoms with Gasteiger partial charge in [-0.1, -0.05) is 6.92 Å². The second-order valence-electron chi connectivity index (χ2n) is 7.57. The van der Waals surface area contributed by atoms with Crippen LogP contribution in [0.4, 0.5) is 0 Å². The van der Waals surface area contributed by atoms with Crippen LogP contribution < -0.4 is 11.1 Å². The first-order valence-electron chi connectivity index (χ1n) is 8.92. The molecule has 3 aliphatic carbocycles. The van der Waals surface area contributed by atoms with Crippen molar-refractivity contribution in [3.63, 3.8) is 0 Å². The normalized spacial score (nSPS) is 33.3. The van der Waals surface area contributed by atoms with E-state index in [-0.39, 0.29) is 5.91 Å². The molecule has 4 nitrogen and oxygen atoms in total. The Balaban J connectivity index is 1.67. The highest BCUT2D eigenvalue weighted by molar-refractivity contribution is 5.84. The van der Waals surface area contributed by atoms with Gasteiger partial charge in [0.15, 0.2) is 0 Å². The zero-order valence-corrected chi connectivity index (χ0v) is 13.4. The molecule has 0 radical (unpaired) electrons. The van der Waals surface area contributed by atoms with Gasteiger partial charge in [-0.2, -0.15) is 0 Å². The van der Waals surface area contributed by atoms with E-state index in [1.807, 2.05) is 0 Å². The number of primary amides is 1. The van der Waals surface area contributed by atoms with Crippen LogP contribution in [0.5, 0.6) is 0 Å². The molecule has 0 aliphatic heterocycles. The number of hydrogen-bond donors (Lipinski definition) is 2. The van der Waals surface area contributed by atoms with Gasteiger partial charge in [-0.25, -0.2) is 0 Å². The first-order valence-corrected chi connectivity index (χ1v) is 8.92. The summed E-state index contributed by atoms with van der Waals surface area (Å²) >= 11 is 0. The number of likely N-dealkylation sites (N-methyl/N-ethyl adjacent to an activating group) is 1. The Hall–Kier alpha value is -0.610. The van der Waals surface area contributed by atoms with E-state index in [9.17, 15) is 4.79 Å². The molecule has 21 heavy (non-hydrogen) atoms. The molecule has 0 bridgehead atoms. The smallest absolute Gasteiger partial charge is 0.237 e. The van der Waals surface area contributed by atoms with Gasteiger partial charge in [-0.05, 0) is 69.7 Å². The fourth-order valence-electron chi connectivity index (χ4n) is 4.00. The molecule has 3 fully saturated rings. The van der Waals surface area contributed by atoms with Gasteiger partial charge >= 0.3 is 0 Å². The highest BCUT2D eigenvalue weighted by Gasteiger charge is 2.43. The topological polar surface area (TPSA) is 58.4 Å². The maximum absolute atomic E-state index is 12.0. The average molecular weight is 293 g/mol. The largest absolute Gasteiger partial charge is 0.368 e. The molecule has 1 amide bonds. The molecular weight excluding hydrogens is 262 g/mol. The van der Waals surface area contributed by atoms with Crippen LogP contribution in [0.3, 0.4) is 0 Å². The number of amides is 1. The van der Waals surface area contributed by atoms with Crippen molar-refractivity contribution in [1.29, 1.82) is 0 Å². The number of nitrogens with one attached hydrogen (secondary N) is 1. The van der Waals surface area contributed by atoms with Crippen LogP contribution in [0.2, 0.25) is 0 Å². The number of carbonyl (C=O) groups excluding carboxylic acids is 1. The fourth-order valence-corrected chi connectivity index (χ4v) is 4.00. The maximum atomic E-state index is 12.0. The lowest BCUT2D eigenvalue weighted by molar-refractivity contribution is -0.126. The van der Waals surface area contributed by atoms with Gasteiger partial charge < -0.3 is 11.1 Å². The van der Waals surface area contributed by atoms with Crippen LogP contribution in [-0.4, -0.2) is 42.0 Å². The molecule has 0 spiro atoms. The second kappa shape index (κ2) is 6.25. The molecule has 3 saturated carbocycles. The van der Waals surface area contributed by atoms with E-state index in [4.69, 9.17) is 5.73 Å². The van der Waals surface area contributed by atoms with Crippen molar-refractivity contribution in [2.45, 2.75) is 69.9 Å². The zero-order chi connectivity index (χ0) is 14.9. The van der Waals surface area contributed by atoms with Gasteiger partial charge in [0, 0.05) is 19.1 Å². The number of hydrogen-bond acceptors (Lipinski definition) is 3. The van der Waals surface area contributed by atoms with Crippen molar-refractivity contribution < 1.29 is 4.79 Å². The number of rotatable bonds is 8. The SMILES string of the molecule is CCNC1(C(N)=O)CCCC(N(CC2CC2)CC2CC2)C1. The minimum absolute atomic E-state index is 0.146. The zero-order valence-electron chi connectivity index (χ0n) is 13.4. The standard InChI is InChI=1S/C17H31N3O/c1-2-19-17(16(18)21)9-3-4-15(10-17)20(11-13-5-6-13)12-14-7-8-14/h13-15,19H,2-12H2,1H3,(H2,18,21). The highest BCUT2D eigenvalue weighted by atomic mass is 16.1. The number of nitrogens with two attached hydrogens (primary N) is 1. The van der Waals surface area contributed by atoms with Crippen molar-refractivity contribution >= 4 is 5.91 Å². The molecule has 0 aromatic rings. The minimum atomic E-state index is -0.455. The van der Waals surface area contributed by atoms with Gasteiger partial charge in [0.05, 0.1) is 5.54 Å². The van der Waals surface area contributed by atoms with E-state index in [1.165, 1.54) is 45.2 Å². The van der Waals surface area contributed by atoms with Crippen molar-refractivity contribution in [2.24, 2.45) is 17.6 Å². The summed E-state index contributed by atoms with van der Waals surface area (Å²) in [5.41, 5.74) is 5.30. The van der Waals surface area contributed by atoms with Crippen molar-refractivity contribution in [1.82, 2.24) is 10.2 Å². The predicted octanol–water partition coefficient (Wildman–Crippen LogP) is 1.88. The van der Waals surface area contributed by atoms with Crippen LogP contribution in [0.15, 0.2) is 0 Å². The monoisotopic (exact) mass is 293 g/mol. The fraction of sp³-hybridized carbons (Fsp3) is 0.941. The van der Waals surface area contributed by atoms with Gasteiger partial charge in [-0.3, -0.25) is 9.69 Å². The lowest BCUT2D eigenvalue weighted by Crippen LogP contribution is -2.60. The lowest BCUT2D eigenvalue weighted by atomic mass is 9.77. The molecule has 3 aliphatic rings. The second-order valence-corrected chi connectivity index (χ2v) is 7.57. The van der Waals surface area contributed by atoms with Crippen LogP contribution in [0, 0.1) is 11.8 Å². The molecule has 3 rings (SSSR count). The first kappa shape index (κ1) is 15.3. The molecular formula is C17H31N3O. The molecule has 120 valence electrons. The van der Waals surface area contributed by atoms with E-state index >= 15 is 0 Å². The molecule has 4 heteroatoms. The summed E-state index contributed by atoms with van der Waals surface area (Å²) in [6, 6.07) is 0.548. The summed E-state index contributed by atoms with van der Waals surface area (Å²) < 4.78 is 0. The lowest BCUT2D eigenvalue weighted by Gasteiger charge is -2.43. The minimum Gasteiger partial charge on any atom is -0.368 e. The van der Waals surface area contributed by atoms with Crippen molar-refractivity contribution in [3.05, 3.63) is 0 Å². The van der Waals surface area contributed by atoms with Crippen LogP contribution in [0.1, 0.15) is 58.3 Å². The van der Waals surface area contributed by atoms with Gasteiger partial charge in [0.2, 0.25) is 5.91 Å². The van der Waals surface area contributed by atoms with Crippen LogP contribution in [-0.2, 0) is 4.79 Å². The number of carbonyl (C=O) groups is 1. The quantitative estimate of drug-likeness (QED) is 0.718. The average Bonchev–Trinajstić information content (AvgIpc) is 3.34. The van der Waals surface area contributed by atoms with E-state index in [1.54, 1.807) is 0 Å².